The minimum Gasteiger partial charge on any atom is -0.373 e. The van der Waals surface area contributed by atoms with Crippen molar-refractivity contribution >= 4 is 5.82 Å². The van der Waals surface area contributed by atoms with Gasteiger partial charge < -0.3 is 9.47 Å². The monoisotopic (exact) mass is 316 g/mol. The number of rotatable bonds is 3. The number of pyridine rings is 1. The maximum absolute atomic E-state index is 9.83. The SMILES string of the molecule is CCCc1[nH+]c(N2CCOCC2)c(C#N)c2c1COC(C)(C)C2. The fourth-order valence-corrected chi connectivity index (χ4v) is 3.48. The molecule has 0 aliphatic carbocycles. The third-order valence-electron chi connectivity index (χ3n) is 4.69. The molecule has 1 aromatic rings. The molecule has 2 aliphatic rings. The van der Waals surface area contributed by atoms with Crippen LogP contribution < -0.4 is 9.88 Å². The Morgan fingerprint density at radius 2 is 2.00 bits per heavy atom. The highest BCUT2D eigenvalue weighted by Crippen LogP contribution is 2.34. The summed E-state index contributed by atoms with van der Waals surface area (Å²) in [6.45, 7) is 10.1. The molecule has 1 aromatic heterocycles. The highest BCUT2D eigenvalue weighted by molar-refractivity contribution is 5.58. The first-order valence-corrected chi connectivity index (χ1v) is 8.52. The normalized spacial score (nSPS) is 20.0. The van der Waals surface area contributed by atoms with Gasteiger partial charge in [0, 0.05) is 18.4 Å². The number of ether oxygens (including phenoxy) is 2. The summed E-state index contributed by atoms with van der Waals surface area (Å²) < 4.78 is 11.5. The summed E-state index contributed by atoms with van der Waals surface area (Å²) >= 11 is 0. The molecule has 0 spiro atoms. The molecule has 5 nitrogen and oxygen atoms in total. The lowest BCUT2D eigenvalue weighted by Gasteiger charge is -2.33. The van der Waals surface area contributed by atoms with Gasteiger partial charge in [0.25, 0.3) is 5.82 Å². The molecule has 124 valence electrons. The van der Waals surface area contributed by atoms with E-state index in [1.165, 1.54) is 16.8 Å². The number of aromatic nitrogens is 1. The molecule has 0 bridgehead atoms. The van der Waals surface area contributed by atoms with E-state index in [1.54, 1.807) is 0 Å². The number of morpholine rings is 1. The molecular formula is C18H26N3O2+. The van der Waals surface area contributed by atoms with E-state index >= 15 is 0 Å². The van der Waals surface area contributed by atoms with E-state index in [-0.39, 0.29) is 5.60 Å². The molecule has 1 fully saturated rings. The number of fused-ring (bicyclic) bond motifs is 1. The van der Waals surface area contributed by atoms with Gasteiger partial charge in [0.15, 0.2) is 0 Å². The van der Waals surface area contributed by atoms with Crippen LogP contribution in [0.25, 0.3) is 0 Å². The minimum atomic E-state index is -0.217. The second-order valence-corrected chi connectivity index (χ2v) is 6.97. The van der Waals surface area contributed by atoms with Gasteiger partial charge in [-0.05, 0) is 25.8 Å². The molecule has 5 heteroatoms. The Morgan fingerprint density at radius 3 is 2.65 bits per heavy atom. The van der Waals surface area contributed by atoms with E-state index in [9.17, 15) is 5.26 Å². The average molecular weight is 316 g/mol. The summed E-state index contributed by atoms with van der Waals surface area (Å²) in [7, 11) is 0. The first-order chi connectivity index (χ1) is 11.1. The van der Waals surface area contributed by atoms with E-state index in [0.29, 0.717) is 19.8 Å². The molecule has 3 rings (SSSR count). The van der Waals surface area contributed by atoms with Crippen molar-refractivity contribution in [2.45, 2.75) is 52.2 Å². The van der Waals surface area contributed by atoms with Crippen molar-refractivity contribution in [3.05, 3.63) is 22.4 Å². The third kappa shape index (κ3) is 3.19. The number of aryl methyl sites for hydroxylation is 1. The van der Waals surface area contributed by atoms with Crippen LogP contribution >= 0.6 is 0 Å². The Balaban J connectivity index is 2.12. The van der Waals surface area contributed by atoms with Crippen LogP contribution in [0.5, 0.6) is 0 Å². The summed E-state index contributed by atoms with van der Waals surface area (Å²) in [6.07, 6.45) is 2.84. The molecule has 0 atom stereocenters. The molecule has 1 N–H and O–H groups in total. The lowest BCUT2D eigenvalue weighted by Crippen LogP contribution is -2.43. The topological polar surface area (TPSA) is 59.6 Å². The summed E-state index contributed by atoms with van der Waals surface area (Å²) in [4.78, 5) is 5.81. The van der Waals surface area contributed by atoms with Crippen molar-refractivity contribution < 1.29 is 14.5 Å². The zero-order valence-corrected chi connectivity index (χ0v) is 14.4. The number of anilines is 1. The Hall–Kier alpha value is -1.64. The van der Waals surface area contributed by atoms with Gasteiger partial charge in [-0.15, -0.1) is 0 Å². The lowest BCUT2D eigenvalue weighted by molar-refractivity contribution is -0.379. The highest BCUT2D eigenvalue weighted by atomic mass is 16.5. The zero-order chi connectivity index (χ0) is 16.4. The van der Waals surface area contributed by atoms with Crippen LogP contribution in [0.4, 0.5) is 5.82 Å². The molecule has 1 saturated heterocycles. The number of H-pyrrole nitrogens is 1. The Bertz CT molecular complexity index is 628. The van der Waals surface area contributed by atoms with Crippen LogP contribution in [0.2, 0.25) is 0 Å². The van der Waals surface area contributed by atoms with Crippen LogP contribution in [0.1, 0.15) is 49.6 Å². The fraction of sp³-hybridized carbons (Fsp3) is 0.667. The van der Waals surface area contributed by atoms with Crippen molar-refractivity contribution in [3.63, 3.8) is 0 Å². The summed E-state index contributed by atoms with van der Waals surface area (Å²) in [6, 6.07) is 2.46. The molecule has 0 amide bonds. The maximum Gasteiger partial charge on any atom is 0.293 e. The van der Waals surface area contributed by atoms with Gasteiger partial charge in [-0.2, -0.15) is 5.26 Å². The van der Waals surface area contributed by atoms with E-state index in [0.717, 1.165) is 43.7 Å². The Morgan fingerprint density at radius 1 is 1.26 bits per heavy atom. The number of nitrogens with one attached hydrogen (secondary N) is 1. The van der Waals surface area contributed by atoms with Crippen molar-refractivity contribution in [3.8, 4) is 6.07 Å². The predicted octanol–water partition coefficient (Wildman–Crippen LogP) is 2.01. The molecule has 23 heavy (non-hydrogen) atoms. The first kappa shape index (κ1) is 16.2. The van der Waals surface area contributed by atoms with Gasteiger partial charge in [0.05, 0.1) is 25.4 Å². The first-order valence-electron chi connectivity index (χ1n) is 8.52. The summed E-state index contributed by atoms with van der Waals surface area (Å²) in [5.74, 6) is 0.968. The molecular weight excluding hydrogens is 290 g/mol. The van der Waals surface area contributed by atoms with Gasteiger partial charge in [0.2, 0.25) is 0 Å². The van der Waals surface area contributed by atoms with Crippen LogP contribution in [0, 0.1) is 11.3 Å². The smallest absolute Gasteiger partial charge is 0.293 e. The van der Waals surface area contributed by atoms with Gasteiger partial charge >= 0.3 is 0 Å². The maximum atomic E-state index is 9.83. The van der Waals surface area contributed by atoms with E-state index in [2.05, 4.69) is 36.7 Å². The second-order valence-electron chi connectivity index (χ2n) is 6.97. The highest BCUT2D eigenvalue weighted by Gasteiger charge is 2.35. The van der Waals surface area contributed by atoms with Crippen LogP contribution in [-0.2, 0) is 28.9 Å². The molecule has 2 aliphatic heterocycles. The van der Waals surface area contributed by atoms with E-state index < -0.39 is 0 Å². The number of nitrogens with zero attached hydrogens (tertiary/aromatic N) is 2. The predicted molar refractivity (Wildman–Crippen MR) is 87.3 cm³/mol. The molecule has 0 radical (unpaired) electrons. The van der Waals surface area contributed by atoms with Crippen LogP contribution in [0.3, 0.4) is 0 Å². The number of hydrogen-bond donors (Lipinski definition) is 0. The third-order valence-corrected chi connectivity index (χ3v) is 4.69. The van der Waals surface area contributed by atoms with Gasteiger partial charge in [-0.25, -0.2) is 4.98 Å². The lowest BCUT2D eigenvalue weighted by atomic mass is 9.87. The van der Waals surface area contributed by atoms with Crippen molar-refractivity contribution in [2.24, 2.45) is 0 Å². The Kier molecular flexibility index (Phi) is 4.56. The quantitative estimate of drug-likeness (QED) is 0.856. The number of nitriles is 1. The standard InChI is InChI=1S/C18H25N3O2/c1-4-5-16-15-12-23-18(2,3)10-13(15)14(11-19)17(20-16)21-6-8-22-9-7-21/h4-10,12H2,1-3H3/p+1. The van der Waals surface area contributed by atoms with E-state index in [1.807, 2.05) is 0 Å². The average Bonchev–Trinajstić information content (AvgIpc) is 2.54. The van der Waals surface area contributed by atoms with Crippen LogP contribution in [-0.4, -0.2) is 31.9 Å². The number of hydrogen-bond acceptors (Lipinski definition) is 4. The van der Waals surface area contributed by atoms with Gasteiger partial charge in [-0.1, -0.05) is 6.92 Å². The Labute approximate surface area is 138 Å². The van der Waals surface area contributed by atoms with E-state index in [4.69, 9.17) is 9.47 Å². The molecule has 3 heterocycles. The largest absolute Gasteiger partial charge is 0.373 e. The van der Waals surface area contributed by atoms with Crippen molar-refractivity contribution in [2.75, 3.05) is 31.2 Å². The molecule has 0 aromatic carbocycles. The van der Waals surface area contributed by atoms with Gasteiger partial charge in [0.1, 0.15) is 30.4 Å². The number of aromatic amines is 1. The fourth-order valence-electron chi connectivity index (χ4n) is 3.48. The summed E-state index contributed by atoms with van der Waals surface area (Å²) in [5, 5.41) is 9.83. The summed E-state index contributed by atoms with van der Waals surface area (Å²) in [5.41, 5.74) is 4.16. The van der Waals surface area contributed by atoms with Crippen LogP contribution in [0.15, 0.2) is 0 Å². The van der Waals surface area contributed by atoms with Gasteiger partial charge in [-0.3, -0.25) is 4.90 Å². The van der Waals surface area contributed by atoms with Crippen molar-refractivity contribution in [1.82, 2.24) is 0 Å². The van der Waals surface area contributed by atoms with Crippen molar-refractivity contribution in [1.29, 1.82) is 5.26 Å². The molecule has 0 unspecified atom stereocenters. The molecule has 0 saturated carbocycles. The zero-order valence-electron chi connectivity index (χ0n) is 14.4. The minimum absolute atomic E-state index is 0.217. The second kappa shape index (κ2) is 6.46.